The van der Waals surface area contributed by atoms with Gasteiger partial charge in [0.25, 0.3) is 5.91 Å². The number of aliphatic hydroxyl groups is 1. The molecule has 0 unspecified atom stereocenters. The van der Waals surface area contributed by atoms with E-state index in [0.29, 0.717) is 5.69 Å². The molecule has 0 bridgehead atoms. The van der Waals surface area contributed by atoms with E-state index in [-0.39, 0.29) is 5.56 Å². The number of hydrogen-bond donors (Lipinski definition) is 2. The van der Waals surface area contributed by atoms with Crippen molar-refractivity contribution in [3.63, 3.8) is 0 Å². The lowest BCUT2D eigenvalue weighted by atomic mass is 10.1. The second kappa shape index (κ2) is 6.67. The molecule has 1 amide bonds. The third kappa shape index (κ3) is 4.02. The summed E-state index contributed by atoms with van der Waals surface area (Å²) in [5, 5.41) is 12.2. The molecule has 0 fully saturated rings. The zero-order valence-corrected chi connectivity index (χ0v) is 11.8. The summed E-state index contributed by atoms with van der Waals surface area (Å²) in [4.78, 5) is 23.5. The molecule has 0 saturated heterocycles. The summed E-state index contributed by atoms with van der Waals surface area (Å²) in [5.74, 6) is -2.62. The molecule has 0 atom stereocenters. The van der Waals surface area contributed by atoms with Gasteiger partial charge in [-0.1, -0.05) is 12.1 Å². The minimum atomic E-state index is -0.900. The Bertz CT molecular complexity index is 736. The Morgan fingerprint density at radius 2 is 1.82 bits per heavy atom. The Balaban J connectivity index is 2.08. The number of amides is 1. The number of aryl methyl sites for hydroxylation is 1. The maximum Gasteiger partial charge on any atom is 0.296 e. The molecule has 0 aliphatic carbocycles. The first kappa shape index (κ1) is 15.4. The van der Waals surface area contributed by atoms with Crippen molar-refractivity contribution in [3.8, 4) is 0 Å². The van der Waals surface area contributed by atoms with Crippen LogP contribution in [-0.2, 0) is 9.59 Å². The molecule has 22 heavy (non-hydrogen) atoms. The number of ketones is 1. The first-order chi connectivity index (χ1) is 10.5. The molecule has 0 aliphatic rings. The summed E-state index contributed by atoms with van der Waals surface area (Å²) in [6, 6.07) is 11.9. The molecule has 2 aromatic carbocycles. The van der Waals surface area contributed by atoms with Crippen LogP contribution in [0.4, 0.5) is 10.1 Å². The molecular weight excluding hydrogens is 285 g/mol. The molecule has 0 aliphatic heterocycles. The van der Waals surface area contributed by atoms with Crippen LogP contribution >= 0.6 is 0 Å². The van der Waals surface area contributed by atoms with Crippen molar-refractivity contribution in [2.45, 2.75) is 6.92 Å². The van der Waals surface area contributed by atoms with E-state index in [2.05, 4.69) is 5.32 Å². The third-order valence-electron chi connectivity index (χ3n) is 2.91. The van der Waals surface area contributed by atoms with Crippen molar-refractivity contribution in [1.82, 2.24) is 0 Å². The van der Waals surface area contributed by atoms with E-state index in [1.54, 1.807) is 18.2 Å². The Morgan fingerprint density at radius 1 is 1.14 bits per heavy atom. The highest BCUT2D eigenvalue weighted by Gasteiger charge is 2.13. The van der Waals surface area contributed by atoms with E-state index in [1.165, 1.54) is 12.1 Å². The number of nitrogens with one attached hydrogen (secondary N) is 1. The number of rotatable bonds is 4. The number of anilines is 1. The van der Waals surface area contributed by atoms with E-state index in [0.717, 1.165) is 23.8 Å². The lowest BCUT2D eigenvalue weighted by molar-refractivity contribution is -0.131. The van der Waals surface area contributed by atoms with Crippen molar-refractivity contribution in [2.24, 2.45) is 0 Å². The predicted molar refractivity (Wildman–Crippen MR) is 81.8 cm³/mol. The van der Waals surface area contributed by atoms with Gasteiger partial charge in [0.15, 0.2) is 0 Å². The van der Waals surface area contributed by atoms with Gasteiger partial charge in [0, 0.05) is 17.3 Å². The quantitative estimate of drug-likeness (QED) is 0.517. The minimum absolute atomic E-state index is 0.248. The van der Waals surface area contributed by atoms with E-state index >= 15 is 0 Å². The first-order valence-corrected chi connectivity index (χ1v) is 6.54. The van der Waals surface area contributed by atoms with Gasteiger partial charge >= 0.3 is 0 Å². The summed E-state index contributed by atoms with van der Waals surface area (Å²) < 4.78 is 12.8. The highest BCUT2D eigenvalue weighted by molar-refractivity contribution is 6.45. The van der Waals surface area contributed by atoms with Crippen molar-refractivity contribution < 1.29 is 19.1 Å². The van der Waals surface area contributed by atoms with Crippen LogP contribution < -0.4 is 5.32 Å². The summed E-state index contributed by atoms with van der Waals surface area (Å²) in [6.45, 7) is 1.86. The summed E-state index contributed by atoms with van der Waals surface area (Å²) in [5.41, 5.74) is 1.68. The number of benzene rings is 2. The maximum absolute atomic E-state index is 12.8. The minimum Gasteiger partial charge on any atom is -0.507 e. The Labute approximate surface area is 126 Å². The van der Waals surface area contributed by atoms with Crippen LogP contribution in [0.5, 0.6) is 0 Å². The van der Waals surface area contributed by atoms with Crippen LogP contribution in [-0.4, -0.2) is 16.8 Å². The number of hydrogen-bond acceptors (Lipinski definition) is 3. The maximum atomic E-state index is 12.8. The molecule has 5 heteroatoms. The van der Waals surface area contributed by atoms with Gasteiger partial charge in [-0.25, -0.2) is 4.39 Å². The van der Waals surface area contributed by atoms with Gasteiger partial charge in [0.2, 0.25) is 5.78 Å². The molecular formula is C17H14FNO3. The largest absolute Gasteiger partial charge is 0.507 e. The van der Waals surface area contributed by atoms with Gasteiger partial charge in [0.05, 0.1) is 0 Å². The molecule has 0 saturated carbocycles. The molecule has 112 valence electrons. The van der Waals surface area contributed by atoms with Crippen molar-refractivity contribution in [3.05, 3.63) is 71.6 Å². The molecule has 4 nitrogen and oxygen atoms in total. The number of aliphatic hydroxyl groups excluding tert-OH is 1. The standard InChI is InChI=1S/C17H14FNO3/c1-11-3-2-4-14(9-11)19-17(22)16(21)10-15(20)12-5-7-13(18)8-6-12/h2-10,20H,1H3,(H,19,22)/b15-10-. The van der Waals surface area contributed by atoms with Gasteiger partial charge in [-0.05, 0) is 48.9 Å². The van der Waals surface area contributed by atoms with Crippen LogP contribution in [0.3, 0.4) is 0 Å². The van der Waals surface area contributed by atoms with Gasteiger partial charge in [0.1, 0.15) is 11.6 Å². The zero-order valence-electron chi connectivity index (χ0n) is 11.8. The van der Waals surface area contributed by atoms with Gasteiger partial charge in [-0.15, -0.1) is 0 Å². The van der Waals surface area contributed by atoms with Crippen molar-refractivity contribution in [2.75, 3.05) is 5.32 Å². The fourth-order valence-corrected chi connectivity index (χ4v) is 1.81. The normalized spacial score (nSPS) is 11.1. The molecule has 2 N–H and O–H groups in total. The first-order valence-electron chi connectivity index (χ1n) is 6.54. The second-order valence-corrected chi connectivity index (χ2v) is 4.72. The number of carbonyl (C=O) groups is 2. The van der Waals surface area contributed by atoms with E-state index in [1.807, 2.05) is 13.0 Å². The van der Waals surface area contributed by atoms with Crippen molar-refractivity contribution >= 4 is 23.1 Å². The topological polar surface area (TPSA) is 66.4 Å². The summed E-state index contributed by atoms with van der Waals surface area (Å²) in [7, 11) is 0. The number of carbonyl (C=O) groups excluding carboxylic acids is 2. The summed E-state index contributed by atoms with van der Waals surface area (Å²) in [6.07, 6.45) is 0.804. The van der Waals surface area contributed by atoms with E-state index in [4.69, 9.17) is 0 Å². The van der Waals surface area contributed by atoms with Gasteiger partial charge in [-0.3, -0.25) is 9.59 Å². The lowest BCUT2D eigenvalue weighted by Gasteiger charge is -2.04. The smallest absolute Gasteiger partial charge is 0.296 e. The Hall–Kier alpha value is -2.95. The molecule has 2 aromatic rings. The molecule has 0 heterocycles. The van der Waals surface area contributed by atoms with Crippen molar-refractivity contribution in [1.29, 1.82) is 0 Å². The molecule has 0 spiro atoms. The zero-order chi connectivity index (χ0) is 16.1. The number of halogens is 1. The average Bonchev–Trinajstić information content (AvgIpc) is 2.47. The highest BCUT2D eigenvalue weighted by Crippen LogP contribution is 2.13. The van der Waals surface area contributed by atoms with Crippen LogP contribution in [0.1, 0.15) is 11.1 Å². The SMILES string of the molecule is Cc1cccc(NC(=O)C(=O)/C=C(\O)c2ccc(F)cc2)c1. The predicted octanol–water partition coefficient (Wildman–Crippen LogP) is 3.24. The molecule has 2 rings (SSSR count). The summed E-state index contributed by atoms with van der Waals surface area (Å²) >= 11 is 0. The Kier molecular flexibility index (Phi) is 4.68. The van der Waals surface area contributed by atoms with Gasteiger partial charge in [-0.2, -0.15) is 0 Å². The third-order valence-corrected chi connectivity index (χ3v) is 2.91. The molecule has 0 aromatic heterocycles. The Morgan fingerprint density at radius 3 is 2.45 bits per heavy atom. The fraction of sp³-hybridized carbons (Fsp3) is 0.0588. The van der Waals surface area contributed by atoms with E-state index < -0.39 is 23.3 Å². The van der Waals surface area contributed by atoms with Crippen LogP contribution in [0.25, 0.3) is 5.76 Å². The lowest BCUT2D eigenvalue weighted by Crippen LogP contribution is -2.21. The van der Waals surface area contributed by atoms with Crippen LogP contribution in [0.2, 0.25) is 0 Å². The average molecular weight is 299 g/mol. The fourth-order valence-electron chi connectivity index (χ4n) is 1.81. The second-order valence-electron chi connectivity index (χ2n) is 4.72. The van der Waals surface area contributed by atoms with Crippen LogP contribution in [0.15, 0.2) is 54.6 Å². The van der Waals surface area contributed by atoms with Gasteiger partial charge < -0.3 is 10.4 Å². The highest BCUT2D eigenvalue weighted by atomic mass is 19.1. The van der Waals surface area contributed by atoms with E-state index in [9.17, 15) is 19.1 Å². The monoisotopic (exact) mass is 299 g/mol. The molecule has 0 radical (unpaired) electrons. The van der Waals surface area contributed by atoms with Crippen LogP contribution in [0, 0.1) is 12.7 Å².